The van der Waals surface area contributed by atoms with Crippen LogP contribution >= 0.6 is 11.3 Å². The molecule has 2 atom stereocenters. The van der Waals surface area contributed by atoms with Crippen LogP contribution in [-0.4, -0.2) is 6.29 Å². The zero-order valence-electron chi connectivity index (χ0n) is 14.3. The molecule has 0 spiro atoms. The minimum Gasteiger partial charge on any atom is -0.451 e. The van der Waals surface area contributed by atoms with Gasteiger partial charge in [-0.2, -0.15) is 0 Å². The van der Waals surface area contributed by atoms with Crippen molar-refractivity contribution in [2.75, 3.05) is 0 Å². The van der Waals surface area contributed by atoms with Crippen molar-refractivity contribution in [3.05, 3.63) is 59.0 Å². The molecule has 0 aliphatic carbocycles. The Labute approximate surface area is 147 Å². The van der Waals surface area contributed by atoms with E-state index in [-0.39, 0.29) is 6.29 Å². The summed E-state index contributed by atoms with van der Waals surface area (Å²) in [7, 11) is 0. The number of hydrogen-bond acceptors (Lipinski definition) is 3. The van der Waals surface area contributed by atoms with Gasteiger partial charge in [-0.1, -0.05) is 39.0 Å². The molecule has 3 heteroatoms. The maximum Gasteiger partial charge on any atom is 0.242 e. The molecular formula is C21H22O2S. The molecule has 0 radical (unpaired) electrons. The molecule has 0 saturated carbocycles. The second kappa shape index (κ2) is 6.14. The minimum absolute atomic E-state index is 0.198. The minimum atomic E-state index is -0.198. The number of ether oxygens (including phenoxy) is 2. The number of rotatable bonds is 4. The summed E-state index contributed by atoms with van der Waals surface area (Å²) in [5.74, 6) is 2.63. The van der Waals surface area contributed by atoms with Crippen molar-refractivity contribution < 1.29 is 9.47 Å². The van der Waals surface area contributed by atoms with Crippen molar-refractivity contribution in [2.45, 2.75) is 45.3 Å². The van der Waals surface area contributed by atoms with E-state index in [0.29, 0.717) is 11.8 Å². The fraction of sp³-hybridized carbons (Fsp3) is 0.333. The van der Waals surface area contributed by atoms with Gasteiger partial charge in [-0.15, -0.1) is 11.3 Å². The van der Waals surface area contributed by atoms with Gasteiger partial charge < -0.3 is 9.47 Å². The summed E-state index contributed by atoms with van der Waals surface area (Å²) in [6.07, 6.45) is 0.652. The highest BCUT2D eigenvalue weighted by Crippen LogP contribution is 2.39. The molecule has 1 aromatic heterocycles. The smallest absolute Gasteiger partial charge is 0.242 e. The van der Waals surface area contributed by atoms with Gasteiger partial charge >= 0.3 is 0 Å². The lowest BCUT2D eigenvalue weighted by atomic mass is 9.97. The van der Waals surface area contributed by atoms with Crippen LogP contribution in [0.15, 0.2) is 47.8 Å². The van der Waals surface area contributed by atoms with Gasteiger partial charge in [-0.3, -0.25) is 0 Å². The van der Waals surface area contributed by atoms with Gasteiger partial charge in [0.1, 0.15) is 0 Å². The fourth-order valence-electron chi connectivity index (χ4n) is 3.18. The van der Waals surface area contributed by atoms with Crippen molar-refractivity contribution in [1.29, 1.82) is 0 Å². The average molecular weight is 338 g/mol. The third-order valence-corrected chi connectivity index (χ3v) is 5.63. The third-order valence-electron chi connectivity index (χ3n) is 4.75. The first-order valence-electron chi connectivity index (χ1n) is 8.54. The third kappa shape index (κ3) is 2.89. The molecule has 1 aliphatic heterocycles. The molecule has 124 valence electrons. The van der Waals surface area contributed by atoms with E-state index >= 15 is 0 Å². The Morgan fingerprint density at radius 1 is 0.917 bits per heavy atom. The molecule has 0 N–H and O–H groups in total. The van der Waals surface area contributed by atoms with Crippen molar-refractivity contribution in [2.24, 2.45) is 0 Å². The van der Waals surface area contributed by atoms with E-state index in [4.69, 9.17) is 9.47 Å². The molecule has 4 rings (SSSR count). The van der Waals surface area contributed by atoms with Crippen LogP contribution in [0.4, 0.5) is 0 Å². The summed E-state index contributed by atoms with van der Waals surface area (Å²) in [5, 5.41) is 3.46. The summed E-state index contributed by atoms with van der Waals surface area (Å²) < 4.78 is 13.4. The van der Waals surface area contributed by atoms with Crippen LogP contribution in [0.1, 0.15) is 50.2 Å². The van der Waals surface area contributed by atoms with E-state index in [9.17, 15) is 0 Å². The van der Waals surface area contributed by atoms with Crippen molar-refractivity contribution in [3.63, 3.8) is 0 Å². The van der Waals surface area contributed by atoms with Gasteiger partial charge in [0.2, 0.25) is 6.29 Å². The molecule has 1 aliphatic rings. The standard InChI is InChI=1S/C21H22O2S/c1-13(2)16-6-7-18-19(11-16)23-21(22-18)10-14(3)17-5-4-15-8-9-24-20(15)12-17/h4-9,11-14,21H,10H2,1-3H3. The van der Waals surface area contributed by atoms with Gasteiger partial charge in [-0.05, 0) is 58.0 Å². The molecule has 0 saturated heterocycles. The Kier molecular flexibility index (Phi) is 3.97. The summed E-state index contributed by atoms with van der Waals surface area (Å²) in [4.78, 5) is 0. The number of hydrogen-bond donors (Lipinski definition) is 0. The van der Waals surface area contributed by atoms with Crippen LogP contribution in [0.25, 0.3) is 10.1 Å². The van der Waals surface area contributed by atoms with Crippen LogP contribution in [0.5, 0.6) is 11.5 Å². The molecule has 2 aromatic carbocycles. The maximum atomic E-state index is 6.04. The maximum absolute atomic E-state index is 6.04. The van der Waals surface area contributed by atoms with Crippen molar-refractivity contribution in [1.82, 2.24) is 0 Å². The van der Waals surface area contributed by atoms with Gasteiger partial charge in [0.05, 0.1) is 0 Å². The molecule has 0 bridgehead atoms. The SMILES string of the molecule is CC(C)c1ccc2c(c1)OC(CC(C)c1ccc3ccsc3c1)O2. The first-order valence-corrected chi connectivity index (χ1v) is 9.42. The first-order chi connectivity index (χ1) is 11.6. The lowest BCUT2D eigenvalue weighted by molar-refractivity contribution is 0.0368. The Hall–Kier alpha value is -2.00. The number of thiophene rings is 1. The molecule has 2 nitrogen and oxygen atoms in total. The molecule has 2 unspecified atom stereocenters. The lowest BCUT2D eigenvalue weighted by Gasteiger charge is -2.16. The Balaban J connectivity index is 1.47. The van der Waals surface area contributed by atoms with E-state index in [2.05, 4.69) is 62.5 Å². The highest BCUT2D eigenvalue weighted by Gasteiger charge is 2.27. The topological polar surface area (TPSA) is 18.5 Å². The van der Waals surface area contributed by atoms with Crippen LogP contribution in [0.3, 0.4) is 0 Å². The molecule has 3 aromatic rings. The highest BCUT2D eigenvalue weighted by atomic mass is 32.1. The zero-order valence-corrected chi connectivity index (χ0v) is 15.1. The van der Waals surface area contributed by atoms with Crippen molar-refractivity contribution in [3.8, 4) is 11.5 Å². The largest absolute Gasteiger partial charge is 0.451 e. The molecular weight excluding hydrogens is 316 g/mol. The molecule has 0 fully saturated rings. The Morgan fingerprint density at radius 2 is 1.71 bits per heavy atom. The average Bonchev–Trinajstić information content (AvgIpc) is 3.18. The van der Waals surface area contributed by atoms with Gasteiger partial charge in [0.25, 0.3) is 0 Å². The number of benzene rings is 2. The Bertz CT molecular complexity index is 865. The lowest BCUT2D eigenvalue weighted by Crippen LogP contribution is -2.20. The molecule has 0 amide bonds. The predicted octanol–water partition coefficient (Wildman–Crippen LogP) is 6.32. The van der Waals surface area contributed by atoms with Gasteiger partial charge in [-0.25, -0.2) is 0 Å². The summed E-state index contributed by atoms with van der Waals surface area (Å²) in [6, 6.07) is 15.2. The van der Waals surface area contributed by atoms with Crippen molar-refractivity contribution >= 4 is 21.4 Å². The predicted molar refractivity (Wildman–Crippen MR) is 100 cm³/mol. The second-order valence-corrected chi connectivity index (χ2v) is 7.83. The summed E-state index contributed by atoms with van der Waals surface area (Å²) in [6.45, 7) is 6.62. The summed E-state index contributed by atoms with van der Waals surface area (Å²) >= 11 is 1.79. The van der Waals surface area contributed by atoms with E-state index in [1.54, 1.807) is 11.3 Å². The van der Waals surface area contributed by atoms with Gasteiger partial charge in [0, 0.05) is 11.1 Å². The second-order valence-electron chi connectivity index (χ2n) is 6.88. The highest BCUT2D eigenvalue weighted by molar-refractivity contribution is 7.17. The molecule has 24 heavy (non-hydrogen) atoms. The van der Waals surface area contributed by atoms with Crippen LogP contribution in [-0.2, 0) is 0 Å². The quantitative estimate of drug-likeness (QED) is 0.554. The van der Waals surface area contributed by atoms with E-state index in [1.807, 2.05) is 6.07 Å². The first kappa shape index (κ1) is 15.5. The fourth-order valence-corrected chi connectivity index (χ4v) is 4.02. The van der Waals surface area contributed by atoms with Crippen LogP contribution in [0, 0.1) is 0 Å². The molecule has 2 heterocycles. The van der Waals surface area contributed by atoms with E-state index < -0.39 is 0 Å². The van der Waals surface area contributed by atoms with Crippen LogP contribution < -0.4 is 9.47 Å². The van der Waals surface area contributed by atoms with Crippen LogP contribution in [0.2, 0.25) is 0 Å². The normalized spacial score (nSPS) is 17.6. The zero-order chi connectivity index (χ0) is 16.7. The Morgan fingerprint density at radius 3 is 2.54 bits per heavy atom. The number of fused-ring (bicyclic) bond motifs is 2. The van der Waals surface area contributed by atoms with Gasteiger partial charge in [0.15, 0.2) is 11.5 Å². The summed E-state index contributed by atoms with van der Waals surface area (Å²) in [5.41, 5.74) is 2.63. The van der Waals surface area contributed by atoms with E-state index in [0.717, 1.165) is 17.9 Å². The van der Waals surface area contributed by atoms with E-state index in [1.165, 1.54) is 21.2 Å². The monoisotopic (exact) mass is 338 g/mol.